The largest absolute Gasteiger partial charge is 0.388 e. The molecule has 2 nitrogen and oxygen atoms in total. The van der Waals surface area contributed by atoms with Crippen LogP contribution >= 0.6 is 11.6 Å². The van der Waals surface area contributed by atoms with Crippen molar-refractivity contribution in [1.29, 1.82) is 0 Å². The number of pyridine rings is 1. The van der Waals surface area contributed by atoms with Crippen LogP contribution in [0.25, 0.3) is 0 Å². The highest BCUT2D eigenvalue weighted by Gasteiger charge is 2.09. The molecule has 3 heteroatoms. The summed E-state index contributed by atoms with van der Waals surface area (Å²) < 4.78 is 0. The van der Waals surface area contributed by atoms with E-state index in [0.29, 0.717) is 11.4 Å². The number of aromatic nitrogens is 1. The zero-order chi connectivity index (χ0) is 11.4. The third-order valence-electron chi connectivity index (χ3n) is 2.36. The summed E-state index contributed by atoms with van der Waals surface area (Å²) in [6.07, 6.45) is 1.66. The fourth-order valence-corrected chi connectivity index (χ4v) is 1.75. The summed E-state index contributed by atoms with van der Waals surface area (Å²) in [6.45, 7) is 0. The molecule has 1 aromatic carbocycles. The highest BCUT2D eigenvalue weighted by molar-refractivity contribution is 6.30. The van der Waals surface area contributed by atoms with Crippen molar-refractivity contribution in [2.75, 3.05) is 0 Å². The molecule has 1 aromatic heterocycles. The lowest BCUT2D eigenvalue weighted by Gasteiger charge is -2.10. The summed E-state index contributed by atoms with van der Waals surface area (Å²) >= 11 is 5.87. The lowest BCUT2D eigenvalue weighted by Crippen LogP contribution is -2.02. The average Bonchev–Trinajstić information content (AvgIpc) is 2.30. The third-order valence-corrected chi connectivity index (χ3v) is 2.60. The zero-order valence-corrected chi connectivity index (χ0v) is 9.43. The summed E-state index contributed by atoms with van der Waals surface area (Å²) in [7, 11) is 0. The standard InChI is InChI=1S/C13H12ClNO/c14-11-5-3-4-10(8-11)13(16)9-12-6-1-2-7-15-12/h1-8,13,16H,9H2/t13-/m1/s1. The van der Waals surface area contributed by atoms with Gasteiger partial charge in [-0.05, 0) is 29.8 Å². The lowest BCUT2D eigenvalue weighted by atomic mass is 10.0. The van der Waals surface area contributed by atoms with Crippen LogP contribution in [0.15, 0.2) is 48.7 Å². The number of aliphatic hydroxyl groups excluding tert-OH is 1. The van der Waals surface area contributed by atoms with E-state index >= 15 is 0 Å². The number of nitrogens with zero attached hydrogens (tertiary/aromatic N) is 1. The van der Waals surface area contributed by atoms with Gasteiger partial charge in [0.05, 0.1) is 6.10 Å². The number of aliphatic hydroxyl groups is 1. The highest BCUT2D eigenvalue weighted by atomic mass is 35.5. The van der Waals surface area contributed by atoms with Crippen molar-refractivity contribution in [2.24, 2.45) is 0 Å². The lowest BCUT2D eigenvalue weighted by molar-refractivity contribution is 0.177. The Bertz CT molecular complexity index is 458. The summed E-state index contributed by atoms with van der Waals surface area (Å²) in [5, 5.41) is 10.6. The quantitative estimate of drug-likeness (QED) is 0.884. The van der Waals surface area contributed by atoms with Crippen molar-refractivity contribution in [3.8, 4) is 0 Å². The van der Waals surface area contributed by atoms with Crippen LogP contribution in [0.4, 0.5) is 0 Å². The molecular formula is C13H12ClNO. The van der Waals surface area contributed by atoms with Gasteiger partial charge in [-0.2, -0.15) is 0 Å². The average molecular weight is 234 g/mol. The minimum Gasteiger partial charge on any atom is -0.388 e. The van der Waals surface area contributed by atoms with E-state index in [1.807, 2.05) is 30.3 Å². The molecule has 0 spiro atoms. The van der Waals surface area contributed by atoms with Crippen LogP contribution in [0.3, 0.4) is 0 Å². The summed E-state index contributed by atoms with van der Waals surface area (Å²) in [4.78, 5) is 4.17. The first-order valence-corrected chi connectivity index (χ1v) is 5.47. The topological polar surface area (TPSA) is 33.1 Å². The maximum Gasteiger partial charge on any atom is 0.0845 e. The van der Waals surface area contributed by atoms with E-state index in [4.69, 9.17) is 11.6 Å². The third kappa shape index (κ3) is 2.81. The second-order valence-corrected chi connectivity index (χ2v) is 4.03. The minimum atomic E-state index is -0.561. The number of hydrogen-bond acceptors (Lipinski definition) is 2. The smallest absolute Gasteiger partial charge is 0.0845 e. The molecule has 0 radical (unpaired) electrons. The molecule has 0 fully saturated rings. The van der Waals surface area contributed by atoms with Gasteiger partial charge in [0.25, 0.3) is 0 Å². The van der Waals surface area contributed by atoms with Gasteiger partial charge in [0.1, 0.15) is 0 Å². The van der Waals surface area contributed by atoms with Crippen LogP contribution in [0.5, 0.6) is 0 Å². The van der Waals surface area contributed by atoms with Gasteiger partial charge in [-0.3, -0.25) is 4.98 Å². The predicted octanol–water partition coefficient (Wildman–Crippen LogP) is 3.01. The van der Waals surface area contributed by atoms with Gasteiger partial charge in [-0.1, -0.05) is 29.8 Å². The second kappa shape index (κ2) is 5.10. The van der Waals surface area contributed by atoms with Crippen LogP contribution < -0.4 is 0 Å². The molecule has 82 valence electrons. The highest BCUT2D eigenvalue weighted by Crippen LogP contribution is 2.20. The Morgan fingerprint density at radius 1 is 1.19 bits per heavy atom. The van der Waals surface area contributed by atoms with Gasteiger partial charge < -0.3 is 5.11 Å². The van der Waals surface area contributed by atoms with E-state index in [9.17, 15) is 5.11 Å². The molecule has 0 bridgehead atoms. The predicted molar refractivity (Wildman–Crippen MR) is 64.4 cm³/mol. The summed E-state index contributed by atoms with van der Waals surface area (Å²) in [5.74, 6) is 0. The molecule has 1 N–H and O–H groups in total. The molecule has 0 saturated carbocycles. The van der Waals surface area contributed by atoms with Crippen LogP contribution in [-0.4, -0.2) is 10.1 Å². The molecule has 2 aromatic rings. The van der Waals surface area contributed by atoms with E-state index < -0.39 is 6.10 Å². The molecule has 1 atom stereocenters. The van der Waals surface area contributed by atoms with E-state index in [1.165, 1.54) is 0 Å². The van der Waals surface area contributed by atoms with Crippen LogP contribution in [0.1, 0.15) is 17.4 Å². The molecule has 0 aliphatic heterocycles. The molecule has 0 unspecified atom stereocenters. The number of halogens is 1. The zero-order valence-electron chi connectivity index (χ0n) is 8.68. The van der Waals surface area contributed by atoms with Crippen molar-refractivity contribution < 1.29 is 5.11 Å². The molecule has 16 heavy (non-hydrogen) atoms. The number of benzene rings is 1. The second-order valence-electron chi connectivity index (χ2n) is 3.60. The maximum atomic E-state index is 10.00. The van der Waals surface area contributed by atoms with Gasteiger partial charge >= 0.3 is 0 Å². The Hall–Kier alpha value is -1.38. The Kier molecular flexibility index (Phi) is 3.54. The normalized spacial score (nSPS) is 12.4. The van der Waals surface area contributed by atoms with E-state index in [2.05, 4.69) is 4.98 Å². The Morgan fingerprint density at radius 3 is 2.75 bits per heavy atom. The molecule has 1 heterocycles. The van der Waals surface area contributed by atoms with Gasteiger partial charge in [-0.15, -0.1) is 0 Å². The van der Waals surface area contributed by atoms with Gasteiger partial charge in [-0.25, -0.2) is 0 Å². The number of rotatable bonds is 3. The number of hydrogen-bond donors (Lipinski definition) is 1. The molecular weight excluding hydrogens is 222 g/mol. The Balaban J connectivity index is 2.12. The van der Waals surface area contributed by atoms with Crippen molar-refractivity contribution >= 4 is 11.6 Å². The van der Waals surface area contributed by atoms with Gasteiger partial charge in [0.15, 0.2) is 0 Å². The van der Waals surface area contributed by atoms with E-state index in [-0.39, 0.29) is 0 Å². The fourth-order valence-electron chi connectivity index (χ4n) is 1.55. The first-order chi connectivity index (χ1) is 7.75. The van der Waals surface area contributed by atoms with Crippen LogP contribution in [-0.2, 0) is 6.42 Å². The molecule has 0 aliphatic carbocycles. The van der Waals surface area contributed by atoms with E-state index in [0.717, 1.165) is 11.3 Å². The Morgan fingerprint density at radius 2 is 2.06 bits per heavy atom. The SMILES string of the molecule is O[C@H](Cc1ccccn1)c1cccc(Cl)c1. The molecule has 2 rings (SSSR count). The van der Waals surface area contributed by atoms with Crippen LogP contribution in [0, 0.1) is 0 Å². The summed E-state index contributed by atoms with van der Waals surface area (Å²) in [6, 6.07) is 12.9. The molecule has 0 saturated heterocycles. The van der Waals surface area contributed by atoms with Gasteiger partial charge in [0.2, 0.25) is 0 Å². The maximum absolute atomic E-state index is 10.00. The minimum absolute atomic E-state index is 0.501. The summed E-state index contributed by atoms with van der Waals surface area (Å²) in [5.41, 5.74) is 1.69. The van der Waals surface area contributed by atoms with Crippen molar-refractivity contribution in [2.45, 2.75) is 12.5 Å². The first-order valence-electron chi connectivity index (χ1n) is 5.09. The van der Waals surface area contributed by atoms with Gasteiger partial charge in [0, 0.05) is 23.3 Å². The van der Waals surface area contributed by atoms with Crippen molar-refractivity contribution in [3.63, 3.8) is 0 Å². The van der Waals surface area contributed by atoms with E-state index in [1.54, 1.807) is 18.3 Å². The Labute approximate surface area is 99.5 Å². The van der Waals surface area contributed by atoms with Crippen molar-refractivity contribution in [3.05, 3.63) is 64.9 Å². The first kappa shape index (κ1) is 11.1. The van der Waals surface area contributed by atoms with Crippen molar-refractivity contribution in [1.82, 2.24) is 4.98 Å². The van der Waals surface area contributed by atoms with Crippen LogP contribution in [0.2, 0.25) is 5.02 Å². The molecule has 0 amide bonds. The molecule has 0 aliphatic rings. The fraction of sp³-hybridized carbons (Fsp3) is 0.154. The monoisotopic (exact) mass is 233 g/mol.